The number of likely N-dealkylation sites (N-methyl/N-ethyl adjacent to an activating group) is 1. The standard InChI is InChI=1S/C15H29N3O3/c1-17(2)14(20)12-18(9-10-21-3)13(19)11-15(16)7-5-4-6-8-15/h4-12,16H2,1-3H3. The van der Waals surface area contributed by atoms with Crippen LogP contribution in [0.2, 0.25) is 0 Å². The van der Waals surface area contributed by atoms with Crippen LogP contribution in [0, 0.1) is 0 Å². The number of carbonyl (C=O) groups is 2. The van der Waals surface area contributed by atoms with Crippen molar-refractivity contribution in [3.63, 3.8) is 0 Å². The summed E-state index contributed by atoms with van der Waals surface area (Å²) in [6.07, 6.45) is 5.45. The average Bonchev–Trinajstić information content (AvgIpc) is 2.43. The lowest BCUT2D eigenvalue weighted by Gasteiger charge is -2.35. The molecule has 1 saturated carbocycles. The van der Waals surface area contributed by atoms with Gasteiger partial charge in [-0.1, -0.05) is 19.3 Å². The number of rotatable bonds is 7. The third-order valence-corrected chi connectivity index (χ3v) is 4.10. The van der Waals surface area contributed by atoms with Crippen LogP contribution in [0.3, 0.4) is 0 Å². The molecule has 6 heteroatoms. The minimum absolute atomic E-state index is 0.0494. The highest BCUT2D eigenvalue weighted by molar-refractivity contribution is 5.85. The third-order valence-electron chi connectivity index (χ3n) is 4.10. The van der Waals surface area contributed by atoms with Crippen LogP contribution in [0.5, 0.6) is 0 Å². The summed E-state index contributed by atoms with van der Waals surface area (Å²) in [5.41, 5.74) is 5.94. The zero-order chi connectivity index (χ0) is 15.9. The normalized spacial score (nSPS) is 17.3. The molecule has 21 heavy (non-hydrogen) atoms. The monoisotopic (exact) mass is 299 g/mol. The summed E-state index contributed by atoms with van der Waals surface area (Å²) in [6.45, 7) is 0.931. The zero-order valence-corrected chi connectivity index (χ0v) is 13.6. The Kier molecular flexibility index (Phi) is 7.11. The van der Waals surface area contributed by atoms with Crippen molar-refractivity contribution in [3.8, 4) is 0 Å². The third kappa shape index (κ3) is 6.01. The van der Waals surface area contributed by atoms with Gasteiger partial charge in [0.25, 0.3) is 0 Å². The Morgan fingerprint density at radius 1 is 1.14 bits per heavy atom. The Morgan fingerprint density at radius 2 is 1.76 bits per heavy atom. The van der Waals surface area contributed by atoms with E-state index in [1.54, 1.807) is 26.1 Å². The van der Waals surface area contributed by atoms with Crippen LogP contribution in [0.1, 0.15) is 38.5 Å². The molecule has 0 aromatic rings. The number of hydrogen-bond donors (Lipinski definition) is 1. The van der Waals surface area contributed by atoms with Gasteiger partial charge in [0.1, 0.15) is 0 Å². The highest BCUT2D eigenvalue weighted by atomic mass is 16.5. The van der Waals surface area contributed by atoms with Crippen molar-refractivity contribution in [1.29, 1.82) is 0 Å². The van der Waals surface area contributed by atoms with Gasteiger partial charge >= 0.3 is 0 Å². The molecule has 0 heterocycles. The summed E-state index contributed by atoms with van der Waals surface area (Å²) >= 11 is 0. The Morgan fingerprint density at radius 3 is 2.29 bits per heavy atom. The van der Waals surface area contributed by atoms with E-state index in [9.17, 15) is 9.59 Å². The molecule has 0 atom stereocenters. The molecule has 6 nitrogen and oxygen atoms in total. The Labute approximate surface area is 127 Å². The lowest BCUT2D eigenvalue weighted by molar-refractivity contribution is -0.140. The average molecular weight is 299 g/mol. The number of nitrogens with two attached hydrogens (primary N) is 1. The van der Waals surface area contributed by atoms with E-state index in [-0.39, 0.29) is 18.4 Å². The molecule has 1 aliphatic rings. The van der Waals surface area contributed by atoms with Gasteiger partial charge in [-0.2, -0.15) is 0 Å². The van der Waals surface area contributed by atoms with Crippen molar-refractivity contribution in [1.82, 2.24) is 9.80 Å². The smallest absolute Gasteiger partial charge is 0.241 e. The molecule has 0 radical (unpaired) electrons. The number of nitrogens with zero attached hydrogens (tertiary/aromatic N) is 2. The summed E-state index contributed by atoms with van der Waals surface area (Å²) in [5.74, 6) is -0.138. The lowest BCUT2D eigenvalue weighted by Crippen LogP contribution is -2.49. The fourth-order valence-corrected chi connectivity index (χ4v) is 2.64. The quantitative estimate of drug-likeness (QED) is 0.747. The predicted octanol–water partition coefficient (Wildman–Crippen LogP) is 0.601. The van der Waals surface area contributed by atoms with Gasteiger partial charge in [-0.25, -0.2) is 0 Å². The van der Waals surface area contributed by atoms with E-state index in [1.165, 1.54) is 11.3 Å². The van der Waals surface area contributed by atoms with Gasteiger partial charge in [0.15, 0.2) is 0 Å². The molecule has 1 aliphatic carbocycles. The second-order valence-electron chi connectivity index (χ2n) is 6.20. The van der Waals surface area contributed by atoms with Crippen LogP contribution in [-0.2, 0) is 14.3 Å². The Bertz CT molecular complexity index is 352. The van der Waals surface area contributed by atoms with Crippen LogP contribution < -0.4 is 5.73 Å². The minimum Gasteiger partial charge on any atom is -0.383 e. The summed E-state index contributed by atoms with van der Waals surface area (Å²) in [6, 6.07) is 0. The highest BCUT2D eigenvalue weighted by Crippen LogP contribution is 2.29. The molecule has 1 fully saturated rings. The lowest BCUT2D eigenvalue weighted by atomic mass is 9.80. The number of methoxy groups -OCH3 is 1. The summed E-state index contributed by atoms with van der Waals surface area (Å²) < 4.78 is 5.03. The molecule has 0 unspecified atom stereocenters. The summed E-state index contributed by atoms with van der Waals surface area (Å²) in [4.78, 5) is 27.4. The highest BCUT2D eigenvalue weighted by Gasteiger charge is 2.32. The van der Waals surface area contributed by atoms with Crippen LogP contribution >= 0.6 is 0 Å². The van der Waals surface area contributed by atoms with E-state index in [2.05, 4.69) is 0 Å². The largest absolute Gasteiger partial charge is 0.383 e. The van der Waals surface area contributed by atoms with Crippen LogP contribution in [0.25, 0.3) is 0 Å². The van der Waals surface area contributed by atoms with Crippen molar-refractivity contribution in [2.45, 2.75) is 44.1 Å². The number of carbonyl (C=O) groups excluding carboxylic acids is 2. The number of ether oxygens (including phenoxy) is 1. The summed E-state index contributed by atoms with van der Waals surface area (Å²) in [7, 11) is 4.96. The second kappa shape index (κ2) is 8.34. The van der Waals surface area contributed by atoms with E-state index >= 15 is 0 Å². The van der Waals surface area contributed by atoms with Gasteiger partial charge < -0.3 is 20.3 Å². The Hall–Kier alpha value is -1.14. The maximum Gasteiger partial charge on any atom is 0.241 e. The number of hydrogen-bond acceptors (Lipinski definition) is 4. The molecular weight excluding hydrogens is 270 g/mol. The maximum absolute atomic E-state index is 12.5. The molecule has 2 N–H and O–H groups in total. The first-order valence-corrected chi connectivity index (χ1v) is 7.64. The minimum atomic E-state index is -0.401. The van der Waals surface area contributed by atoms with Crippen molar-refractivity contribution in [3.05, 3.63) is 0 Å². The van der Waals surface area contributed by atoms with Gasteiger partial charge in [0.2, 0.25) is 11.8 Å². The molecule has 122 valence electrons. The molecule has 0 aliphatic heterocycles. The molecule has 0 aromatic carbocycles. The Balaban J connectivity index is 2.63. The van der Waals surface area contributed by atoms with Gasteiger partial charge in [-0.15, -0.1) is 0 Å². The molecule has 2 amide bonds. The fourth-order valence-electron chi connectivity index (χ4n) is 2.64. The zero-order valence-electron chi connectivity index (χ0n) is 13.6. The molecule has 0 bridgehead atoms. The van der Waals surface area contributed by atoms with E-state index in [1.807, 2.05) is 0 Å². The van der Waals surface area contributed by atoms with Gasteiger partial charge in [-0.05, 0) is 12.8 Å². The summed E-state index contributed by atoms with van der Waals surface area (Å²) in [5, 5.41) is 0. The fraction of sp³-hybridized carbons (Fsp3) is 0.867. The molecule has 1 rings (SSSR count). The van der Waals surface area contributed by atoms with Crippen LogP contribution in [0.4, 0.5) is 0 Å². The van der Waals surface area contributed by atoms with E-state index in [0.717, 1.165) is 25.7 Å². The molecule has 0 saturated heterocycles. The van der Waals surface area contributed by atoms with Crippen molar-refractivity contribution >= 4 is 11.8 Å². The molecular formula is C15H29N3O3. The molecule has 0 spiro atoms. The first-order valence-electron chi connectivity index (χ1n) is 7.64. The first kappa shape index (κ1) is 17.9. The van der Waals surface area contributed by atoms with Gasteiger partial charge in [0.05, 0.1) is 13.2 Å². The van der Waals surface area contributed by atoms with Crippen molar-refractivity contribution < 1.29 is 14.3 Å². The van der Waals surface area contributed by atoms with E-state index in [4.69, 9.17) is 10.5 Å². The van der Waals surface area contributed by atoms with Gasteiger partial charge in [0, 0.05) is 39.7 Å². The van der Waals surface area contributed by atoms with Crippen molar-refractivity contribution in [2.75, 3.05) is 40.9 Å². The molecule has 0 aromatic heterocycles. The second-order valence-corrected chi connectivity index (χ2v) is 6.20. The van der Waals surface area contributed by atoms with E-state index in [0.29, 0.717) is 19.6 Å². The van der Waals surface area contributed by atoms with Crippen LogP contribution in [0.15, 0.2) is 0 Å². The number of amides is 2. The van der Waals surface area contributed by atoms with Gasteiger partial charge in [-0.3, -0.25) is 9.59 Å². The SMILES string of the molecule is COCCN(CC(=O)N(C)C)C(=O)CC1(N)CCCCC1. The topological polar surface area (TPSA) is 75.9 Å². The van der Waals surface area contributed by atoms with Crippen molar-refractivity contribution in [2.24, 2.45) is 5.73 Å². The van der Waals surface area contributed by atoms with E-state index < -0.39 is 5.54 Å². The maximum atomic E-state index is 12.5. The van der Waals surface area contributed by atoms with Crippen LogP contribution in [-0.4, -0.2) is 68.1 Å². The predicted molar refractivity (Wildman–Crippen MR) is 81.8 cm³/mol. The first-order chi connectivity index (χ1) is 9.88.